The first kappa shape index (κ1) is 13.1. The second kappa shape index (κ2) is 4.10. The van der Waals surface area contributed by atoms with Gasteiger partial charge in [0.2, 0.25) is 0 Å². The summed E-state index contributed by atoms with van der Waals surface area (Å²) in [5.74, 6) is 0. The fourth-order valence-corrected chi connectivity index (χ4v) is 1.59. The van der Waals surface area contributed by atoms with E-state index in [9.17, 15) is 23.3 Å². The Morgan fingerprint density at radius 3 is 2.19 bits per heavy atom. The van der Waals surface area contributed by atoms with Crippen LogP contribution in [0.4, 0.5) is 18.9 Å². The molecule has 0 amide bonds. The molecule has 0 fully saturated rings. The van der Waals surface area contributed by atoms with E-state index in [1.807, 2.05) is 0 Å². The summed E-state index contributed by atoms with van der Waals surface area (Å²) in [4.78, 5) is 9.45. The third-order valence-electron chi connectivity index (χ3n) is 1.93. The minimum absolute atomic E-state index is 0.329. The van der Waals surface area contributed by atoms with Crippen molar-refractivity contribution in [3.05, 3.63) is 37.4 Å². The van der Waals surface area contributed by atoms with E-state index < -0.39 is 32.4 Å². The van der Waals surface area contributed by atoms with Crippen molar-refractivity contribution in [1.29, 1.82) is 0 Å². The van der Waals surface area contributed by atoms with Crippen molar-refractivity contribution < 1.29 is 18.1 Å². The maximum atomic E-state index is 12.5. The van der Waals surface area contributed by atoms with Crippen LogP contribution in [-0.4, -0.2) is 4.92 Å². The van der Waals surface area contributed by atoms with Gasteiger partial charge < -0.3 is 0 Å². The number of rotatable bonds is 1. The topological polar surface area (TPSA) is 43.1 Å². The molecule has 0 heterocycles. The molecule has 0 aliphatic carbocycles. The number of nitro groups is 1. The van der Waals surface area contributed by atoms with Crippen LogP contribution in [0.25, 0.3) is 0 Å². The van der Waals surface area contributed by atoms with Crippen molar-refractivity contribution >= 4 is 28.9 Å². The smallest absolute Gasteiger partial charge is 0.258 e. The minimum atomic E-state index is -4.71. The highest BCUT2D eigenvalue weighted by Gasteiger charge is 2.36. The molecule has 1 aromatic rings. The number of nitro benzene ring substituents is 1. The molecule has 1 rings (SSSR count). The molecule has 0 aromatic heterocycles. The number of nitrogens with zero attached hydrogens (tertiary/aromatic N) is 1. The van der Waals surface area contributed by atoms with E-state index in [0.29, 0.717) is 6.07 Å². The third-order valence-corrected chi connectivity index (χ3v) is 2.89. The SMILES string of the molecule is Cc1c(C(F)(F)F)cc([N+](=O)[O-])c(Cl)c1Cl. The lowest BCUT2D eigenvalue weighted by Gasteiger charge is -2.12. The quantitative estimate of drug-likeness (QED) is 0.568. The average molecular weight is 274 g/mol. The summed E-state index contributed by atoms with van der Waals surface area (Å²) in [6, 6.07) is 0.379. The fraction of sp³-hybridized carbons (Fsp3) is 0.250. The Kier molecular flexibility index (Phi) is 3.35. The van der Waals surface area contributed by atoms with Crippen LogP contribution >= 0.6 is 23.2 Å². The Morgan fingerprint density at radius 1 is 1.31 bits per heavy atom. The number of benzene rings is 1. The summed E-state index contributed by atoms with van der Waals surface area (Å²) in [7, 11) is 0. The molecule has 1 aromatic carbocycles. The van der Waals surface area contributed by atoms with Crippen LogP contribution in [0.1, 0.15) is 11.1 Å². The maximum Gasteiger partial charge on any atom is 0.416 e. The number of hydrogen-bond donors (Lipinski definition) is 0. The second-order valence-corrected chi connectivity index (χ2v) is 3.71. The summed E-state index contributed by atoms with van der Waals surface area (Å²) in [5, 5.41) is 9.52. The van der Waals surface area contributed by atoms with Gasteiger partial charge in [0.25, 0.3) is 5.69 Å². The van der Waals surface area contributed by atoms with Gasteiger partial charge in [-0.15, -0.1) is 0 Å². The Balaban J connectivity index is 3.61. The zero-order chi connectivity index (χ0) is 12.7. The van der Waals surface area contributed by atoms with Gasteiger partial charge in [0, 0.05) is 6.07 Å². The predicted molar refractivity (Wildman–Crippen MR) is 52.9 cm³/mol. The highest BCUT2D eigenvalue weighted by molar-refractivity contribution is 6.43. The molecule has 16 heavy (non-hydrogen) atoms. The standard InChI is InChI=1S/C8H4Cl2F3NO2/c1-3-4(8(11,12)13)2-5(14(15)16)7(10)6(3)9/h2H,1H3. The van der Waals surface area contributed by atoms with Gasteiger partial charge in [-0.1, -0.05) is 23.2 Å². The molecule has 0 bridgehead atoms. The van der Waals surface area contributed by atoms with Crippen LogP contribution in [0.15, 0.2) is 6.07 Å². The molecule has 0 radical (unpaired) electrons. The van der Waals surface area contributed by atoms with E-state index in [-0.39, 0.29) is 5.56 Å². The van der Waals surface area contributed by atoms with Crippen molar-refractivity contribution in [2.75, 3.05) is 0 Å². The number of hydrogen-bond acceptors (Lipinski definition) is 2. The molecule has 0 unspecified atom stereocenters. The zero-order valence-electron chi connectivity index (χ0n) is 7.73. The lowest BCUT2D eigenvalue weighted by atomic mass is 10.1. The Hall–Kier alpha value is -1.01. The van der Waals surface area contributed by atoms with Gasteiger partial charge in [0.05, 0.1) is 15.5 Å². The van der Waals surface area contributed by atoms with E-state index in [2.05, 4.69) is 0 Å². The molecular formula is C8H4Cl2F3NO2. The zero-order valence-corrected chi connectivity index (χ0v) is 9.24. The van der Waals surface area contributed by atoms with Gasteiger partial charge in [-0.25, -0.2) is 0 Å². The molecule has 0 aliphatic heterocycles. The second-order valence-electron chi connectivity index (χ2n) is 2.95. The molecule has 3 nitrogen and oxygen atoms in total. The van der Waals surface area contributed by atoms with Crippen LogP contribution in [-0.2, 0) is 6.18 Å². The van der Waals surface area contributed by atoms with E-state index >= 15 is 0 Å². The first-order valence-corrected chi connectivity index (χ1v) is 4.62. The third kappa shape index (κ3) is 2.22. The van der Waals surface area contributed by atoms with E-state index in [0.717, 1.165) is 6.92 Å². The van der Waals surface area contributed by atoms with Crippen molar-refractivity contribution in [3.63, 3.8) is 0 Å². The highest BCUT2D eigenvalue weighted by atomic mass is 35.5. The van der Waals surface area contributed by atoms with Gasteiger partial charge >= 0.3 is 6.18 Å². The van der Waals surface area contributed by atoms with Crippen molar-refractivity contribution in [3.8, 4) is 0 Å². The van der Waals surface area contributed by atoms with Crippen LogP contribution in [0, 0.1) is 17.0 Å². The Morgan fingerprint density at radius 2 is 1.81 bits per heavy atom. The fourth-order valence-electron chi connectivity index (χ4n) is 1.13. The molecule has 0 atom stereocenters. The first-order chi connectivity index (χ1) is 7.16. The molecule has 0 spiro atoms. The van der Waals surface area contributed by atoms with Crippen molar-refractivity contribution in [2.24, 2.45) is 0 Å². The molecular weight excluding hydrogens is 270 g/mol. The number of halogens is 5. The average Bonchev–Trinajstić information content (AvgIpc) is 2.11. The molecule has 0 N–H and O–H groups in total. The van der Waals surface area contributed by atoms with Gasteiger partial charge in [-0.2, -0.15) is 13.2 Å². The molecule has 0 aliphatic rings. The predicted octanol–water partition coefficient (Wildman–Crippen LogP) is 4.23. The monoisotopic (exact) mass is 273 g/mol. The van der Waals surface area contributed by atoms with Crippen molar-refractivity contribution in [1.82, 2.24) is 0 Å². The maximum absolute atomic E-state index is 12.5. The molecule has 0 saturated heterocycles. The van der Waals surface area contributed by atoms with Gasteiger partial charge in [-0.3, -0.25) is 10.1 Å². The van der Waals surface area contributed by atoms with Crippen molar-refractivity contribution in [2.45, 2.75) is 13.1 Å². The van der Waals surface area contributed by atoms with Gasteiger partial charge in [0.1, 0.15) is 5.02 Å². The molecule has 0 saturated carbocycles. The van der Waals surface area contributed by atoms with Gasteiger partial charge in [0.15, 0.2) is 0 Å². The van der Waals surface area contributed by atoms with E-state index in [1.54, 1.807) is 0 Å². The lowest BCUT2D eigenvalue weighted by molar-refractivity contribution is -0.385. The Labute approximate surface area is 97.9 Å². The summed E-state index contributed by atoms with van der Waals surface area (Å²) in [6.07, 6.45) is -4.71. The van der Waals surface area contributed by atoms with E-state index in [4.69, 9.17) is 23.2 Å². The Bertz CT molecular complexity index is 460. The first-order valence-electron chi connectivity index (χ1n) is 3.86. The van der Waals surface area contributed by atoms with Crippen LogP contribution in [0.3, 0.4) is 0 Å². The highest BCUT2D eigenvalue weighted by Crippen LogP contribution is 2.42. The largest absolute Gasteiger partial charge is 0.416 e. The van der Waals surface area contributed by atoms with Crippen LogP contribution < -0.4 is 0 Å². The lowest BCUT2D eigenvalue weighted by Crippen LogP contribution is -2.09. The normalized spacial score (nSPS) is 11.6. The van der Waals surface area contributed by atoms with Gasteiger partial charge in [-0.05, 0) is 12.5 Å². The molecule has 8 heteroatoms. The summed E-state index contributed by atoms with van der Waals surface area (Å²) in [5.41, 5.74) is -2.34. The number of alkyl halides is 3. The minimum Gasteiger partial charge on any atom is -0.258 e. The van der Waals surface area contributed by atoms with Crippen LogP contribution in [0.2, 0.25) is 10.0 Å². The molecule has 88 valence electrons. The summed E-state index contributed by atoms with van der Waals surface area (Å²) >= 11 is 11.0. The van der Waals surface area contributed by atoms with Crippen LogP contribution in [0.5, 0.6) is 0 Å². The van der Waals surface area contributed by atoms with E-state index in [1.165, 1.54) is 0 Å². The summed E-state index contributed by atoms with van der Waals surface area (Å²) < 4.78 is 37.4. The summed E-state index contributed by atoms with van der Waals surface area (Å²) in [6.45, 7) is 1.10.